The van der Waals surface area contributed by atoms with Gasteiger partial charge < -0.3 is 29.4 Å². The van der Waals surface area contributed by atoms with Crippen LogP contribution in [0.1, 0.15) is 0 Å². The lowest BCUT2D eigenvalue weighted by atomic mass is 9.95. The van der Waals surface area contributed by atoms with E-state index in [0.29, 0.717) is 0 Å². The van der Waals surface area contributed by atoms with Crippen LogP contribution in [0.15, 0.2) is 364 Å². The van der Waals surface area contributed by atoms with E-state index in [1.807, 2.05) is 0 Å². The Morgan fingerprint density at radius 2 is 0.343 bits per heavy atom. The maximum absolute atomic E-state index is 3.95. The van der Waals surface area contributed by atoms with E-state index in [4.69, 9.17) is 0 Å². The maximum Gasteiger partial charge on any atom is 0.194 e. The normalized spacial score (nSPS) is 14.7. The standard InChI is InChI=1S/C94H60N6Si2/c1-9-37-65(38-10-1)95-77-57-61-33-25-29-53-73(61)81-89(77)101(71-49-21-7-22-50-71)90-79(59-63-35-27-30-54-74(63)82(90)99(81)69-45-17-5-18-46-69)97(67-41-13-3-14-42-67)87-88-94-86(85(95)93(87)101)96(66-39-11-2-12-40-66)78-58-62-34-26-31-55-75(62)83-91(78)102(94,72-51-23-8-24-52-72)92-80(98(88)68-43-15-4-16-44-68)60-64-36-28-32-56-76(64)84(92)100(83)70-47-19-6-20-48-70/h1-60H. The van der Waals surface area contributed by atoms with Gasteiger partial charge in [0.25, 0.3) is 0 Å². The summed E-state index contributed by atoms with van der Waals surface area (Å²) in [6.45, 7) is 0. The number of benzene rings is 17. The summed E-state index contributed by atoms with van der Waals surface area (Å²) in [4.78, 5) is 16.6. The first-order valence-corrected chi connectivity index (χ1v) is 39.4. The molecule has 0 aliphatic carbocycles. The third-order valence-electron chi connectivity index (χ3n) is 22.9. The quantitative estimate of drug-likeness (QED) is 0.140. The maximum atomic E-state index is 2.79. The molecule has 6 nitrogen and oxygen atoms in total. The molecule has 0 saturated carbocycles. The average molecular weight is 1330 g/mol. The topological polar surface area (TPSA) is 19.4 Å². The second-order valence-corrected chi connectivity index (χ2v) is 34.9. The second kappa shape index (κ2) is 20.8. The Balaban J connectivity index is 1.07. The lowest BCUT2D eigenvalue weighted by Crippen LogP contribution is -2.84. The van der Waals surface area contributed by atoms with E-state index in [2.05, 4.69) is 393 Å². The van der Waals surface area contributed by atoms with Crippen LogP contribution < -0.4 is 70.9 Å². The number of fused-ring (bicyclic) bond motifs is 10. The van der Waals surface area contributed by atoms with Crippen molar-refractivity contribution >= 4 is 203 Å². The second-order valence-electron chi connectivity index (χ2n) is 27.8. The van der Waals surface area contributed by atoms with Crippen molar-refractivity contribution in [2.75, 3.05) is 29.4 Å². The van der Waals surface area contributed by atoms with Crippen LogP contribution in [-0.2, 0) is 0 Å². The van der Waals surface area contributed by atoms with Crippen LogP contribution in [0, 0.1) is 0 Å². The van der Waals surface area contributed by atoms with Gasteiger partial charge in [0.2, 0.25) is 0 Å². The van der Waals surface area contributed by atoms with Gasteiger partial charge in [-0.2, -0.15) is 0 Å². The van der Waals surface area contributed by atoms with Gasteiger partial charge in [-0.25, -0.2) is 0 Å². The minimum Gasteiger partial charge on any atom is -0.309 e. The van der Waals surface area contributed by atoms with Gasteiger partial charge in [0.1, 0.15) is 0 Å². The van der Waals surface area contributed by atoms with E-state index < -0.39 is 16.1 Å². The summed E-state index contributed by atoms with van der Waals surface area (Å²) in [6.07, 6.45) is 0. The fourth-order valence-corrected chi connectivity index (χ4v) is 31.0. The summed E-state index contributed by atoms with van der Waals surface area (Å²) in [5.41, 5.74) is 21.1. The molecule has 0 radical (unpaired) electrons. The SMILES string of the molecule is c1ccc(N2c3cc4ccccc4c4c3[Si]3(c5ccccc5)c5c2c2c6c(c5N(c5ccccc5)c5cc7ccccc7c(c53)N4c3ccccc3)N(c3ccccc3)c3cc4ccccc4c4c3[Si]6(c3ccccc3)c3c(cc5ccccc5c3N4c3ccccc3)N2c2ccccc2)cc1. The van der Waals surface area contributed by atoms with Crippen LogP contribution >= 0.6 is 0 Å². The largest absolute Gasteiger partial charge is 0.309 e. The van der Waals surface area contributed by atoms with Crippen molar-refractivity contribution in [2.24, 2.45) is 0 Å². The third kappa shape index (κ3) is 7.01. The molecule has 102 heavy (non-hydrogen) atoms. The van der Waals surface area contributed by atoms with Gasteiger partial charge in [0.15, 0.2) is 16.1 Å². The Labute approximate surface area is 592 Å². The van der Waals surface area contributed by atoms with E-state index in [1.54, 1.807) is 0 Å². The van der Waals surface area contributed by atoms with Gasteiger partial charge in [0, 0.05) is 110 Å². The Bertz CT molecular complexity index is 5710. The van der Waals surface area contributed by atoms with Crippen molar-refractivity contribution in [1.29, 1.82) is 0 Å². The van der Waals surface area contributed by atoms with Crippen LogP contribution in [0.5, 0.6) is 0 Å². The Morgan fingerprint density at radius 1 is 0.157 bits per heavy atom. The van der Waals surface area contributed by atoms with Crippen LogP contribution in [0.2, 0.25) is 0 Å². The zero-order valence-corrected chi connectivity index (χ0v) is 57.3. The van der Waals surface area contributed by atoms with Gasteiger partial charge in [-0.15, -0.1) is 0 Å². The lowest BCUT2D eigenvalue weighted by Gasteiger charge is -2.61. The summed E-state index contributed by atoms with van der Waals surface area (Å²) in [6, 6.07) is 140. The van der Waals surface area contributed by atoms with Crippen molar-refractivity contribution in [3.63, 3.8) is 0 Å². The molecule has 0 unspecified atom stereocenters. The van der Waals surface area contributed by atoms with Crippen LogP contribution in [0.25, 0.3) is 43.1 Å². The zero-order chi connectivity index (χ0) is 66.5. The monoisotopic (exact) mass is 1330 g/mol. The fourth-order valence-electron chi connectivity index (χ4n) is 19.4. The summed E-state index contributed by atoms with van der Waals surface area (Å²) in [5.74, 6) is 0. The smallest absolute Gasteiger partial charge is 0.194 e. The van der Waals surface area contributed by atoms with Gasteiger partial charge in [-0.05, 0) is 129 Å². The molecule has 0 amide bonds. The molecule has 474 valence electrons. The number of anilines is 18. The summed E-state index contributed by atoms with van der Waals surface area (Å²) in [5, 5.41) is 20.4. The molecule has 6 aliphatic rings. The first-order chi connectivity index (χ1) is 50.7. The molecule has 6 heterocycles. The number of para-hydroxylation sites is 6. The van der Waals surface area contributed by atoms with Gasteiger partial charge >= 0.3 is 0 Å². The van der Waals surface area contributed by atoms with Crippen LogP contribution in [0.3, 0.4) is 0 Å². The minimum absolute atomic E-state index is 1.09. The molecule has 17 aromatic rings. The molecule has 0 aromatic heterocycles. The van der Waals surface area contributed by atoms with Crippen molar-refractivity contribution in [3.05, 3.63) is 364 Å². The molecule has 0 N–H and O–H groups in total. The predicted molar refractivity (Wildman–Crippen MR) is 433 cm³/mol. The summed E-state index contributed by atoms with van der Waals surface area (Å²) < 4.78 is 0. The van der Waals surface area contributed by atoms with Crippen molar-refractivity contribution in [2.45, 2.75) is 0 Å². The number of hydrogen-bond acceptors (Lipinski definition) is 6. The average Bonchev–Trinajstić information content (AvgIpc) is 0.624. The van der Waals surface area contributed by atoms with E-state index in [9.17, 15) is 0 Å². The van der Waals surface area contributed by atoms with Crippen molar-refractivity contribution < 1.29 is 0 Å². The Morgan fingerprint density at radius 3 is 0.569 bits per heavy atom. The highest BCUT2D eigenvalue weighted by Crippen LogP contribution is 2.65. The van der Waals surface area contributed by atoms with Crippen LogP contribution in [-0.4, -0.2) is 16.1 Å². The first-order valence-electron chi connectivity index (χ1n) is 35.4. The first kappa shape index (κ1) is 56.0. The summed E-state index contributed by atoms with van der Waals surface area (Å²) >= 11 is 0. The van der Waals surface area contributed by atoms with Gasteiger partial charge in [-0.1, -0.05) is 267 Å². The Hall–Kier alpha value is -13.0. The van der Waals surface area contributed by atoms with E-state index in [1.165, 1.54) is 153 Å². The molecule has 6 aliphatic heterocycles. The summed E-state index contributed by atoms with van der Waals surface area (Å²) in [7, 11) is -7.91. The molecule has 0 saturated heterocycles. The minimum atomic E-state index is -3.95. The van der Waals surface area contributed by atoms with Crippen molar-refractivity contribution in [3.8, 4) is 0 Å². The third-order valence-corrected chi connectivity index (χ3v) is 32.7. The van der Waals surface area contributed by atoms with E-state index >= 15 is 0 Å². The van der Waals surface area contributed by atoms with E-state index in [0.717, 1.165) is 34.1 Å². The van der Waals surface area contributed by atoms with Crippen molar-refractivity contribution in [1.82, 2.24) is 0 Å². The highest BCUT2D eigenvalue weighted by atomic mass is 28.3. The van der Waals surface area contributed by atoms with Crippen LogP contribution in [0.4, 0.5) is 102 Å². The van der Waals surface area contributed by atoms with E-state index in [-0.39, 0.29) is 0 Å². The van der Waals surface area contributed by atoms with Gasteiger partial charge in [-0.3, -0.25) is 0 Å². The lowest BCUT2D eigenvalue weighted by molar-refractivity contribution is 1.18. The molecule has 0 bridgehead atoms. The fraction of sp³-hybridized carbons (Fsp3) is 0. The molecule has 0 atom stereocenters. The molecule has 17 aromatic carbocycles. The molecule has 23 rings (SSSR count). The number of rotatable bonds is 8. The van der Waals surface area contributed by atoms with Gasteiger partial charge in [0.05, 0.1) is 45.5 Å². The highest BCUT2D eigenvalue weighted by Gasteiger charge is 2.68. The molecule has 0 fully saturated rings. The number of nitrogens with zero attached hydrogens (tertiary/aromatic N) is 6. The zero-order valence-electron chi connectivity index (χ0n) is 55.3. The number of hydrogen-bond donors (Lipinski definition) is 0. The molecule has 0 spiro atoms. The Kier molecular flexibility index (Phi) is 11.4. The highest BCUT2D eigenvalue weighted by molar-refractivity contribution is 7.27. The predicted octanol–water partition coefficient (Wildman–Crippen LogP) is 19.8. The molecular weight excluding hydrogens is 1270 g/mol. The molecule has 8 heteroatoms. The molecular formula is C94H60N6Si2.